The predicted octanol–water partition coefficient (Wildman–Crippen LogP) is 1.72. The van der Waals surface area contributed by atoms with Crippen LogP contribution in [0, 0.1) is 0 Å². The first-order valence-electron chi connectivity index (χ1n) is 6.76. The standard InChI is InChI=1S/C15H15ClN2O3/c16-14-7-12(11-3-1-2-4-13(11)17-14)15(20)18-5-6-21-10(8-18)9-19/h1-4,7,10,19H,5-6,8-9H2. The molecule has 1 saturated heterocycles. The van der Waals surface area contributed by atoms with Gasteiger partial charge in [0.25, 0.3) is 5.91 Å². The van der Waals surface area contributed by atoms with E-state index in [-0.39, 0.29) is 18.6 Å². The Morgan fingerprint density at radius 3 is 3.10 bits per heavy atom. The number of hydrogen-bond acceptors (Lipinski definition) is 4. The smallest absolute Gasteiger partial charge is 0.254 e. The molecular formula is C15H15ClN2O3. The summed E-state index contributed by atoms with van der Waals surface area (Å²) in [6.45, 7) is 1.21. The van der Waals surface area contributed by atoms with E-state index in [9.17, 15) is 9.90 Å². The van der Waals surface area contributed by atoms with Gasteiger partial charge in [-0.2, -0.15) is 0 Å². The number of para-hydroxylation sites is 1. The number of benzene rings is 1. The van der Waals surface area contributed by atoms with Crippen LogP contribution >= 0.6 is 11.6 Å². The SMILES string of the molecule is O=C(c1cc(Cl)nc2ccccc12)N1CCOC(CO)C1. The molecule has 1 unspecified atom stereocenters. The monoisotopic (exact) mass is 306 g/mol. The molecule has 1 aromatic carbocycles. The van der Waals surface area contributed by atoms with Crippen molar-refractivity contribution in [2.24, 2.45) is 0 Å². The van der Waals surface area contributed by atoms with E-state index in [0.717, 1.165) is 5.39 Å². The number of morpholine rings is 1. The van der Waals surface area contributed by atoms with E-state index in [1.165, 1.54) is 0 Å². The van der Waals surface area contributed by atoms with E-state index in [2.05, 4.69) is 4.98 Å². The molecule has 0 radical (unpaired) electrons. The van der Waals surface area contributed by atoms with Crippen LogP contribution in [0.4, 0.5) is 0 Å². The van der Waals surface area contributed by atoms with Crippen molar-refractivity contribution in [3.05, 3.63) is 41.0 Å². The third-order valence-electron chi connectivity index (χ3n) is 3.54. The van der Waals surface area contributed by atoms with Crippen LogP contribution in [0.2, 0.25) is 5.15 Å². The summed E-state index contributed by atoms with van der Waals surface area (Å²) in [6, 6.07) is 9.00. The lowest BCUT2D eigenvalue weighted by atomic mass is 10.1. The molecule has 2 aromatic rings. The maximum Gasteiger partial charge on any atom is 0.254 e. The Morgan fingerprint density at radius 1 is 1.48 bits per heavy atom. The summed E-state index contributed by atoms with van der Waals surface area (Å²) in [6.07, 6.45) is -0.328. The van der Waals surface area contributed by atoms with E-state index in [1.807, 2.05) is 24.3 Å². The molecule has 6 heteroatoms. The van der Waals surface area contributed by atoms with Gasteiger partial charge in [0.1, 0.15) is 5.15 Å². The fraction of sp³-hybridized carbons (Fsp3) is 0.333. The van der Waals surface area contributed by atoms with Gasteiger partial charge in [0.2, 0.25) is 0 Å². The van der Waals surface area contributed by atoms with E-state index in [0.29, 0.717) is 35.9 Å². The number of aliphatic hydroxyl groups excluding tert-OH is 1. The Hall–Kier alpha value is -1.69. The highest BCUT2D eigenvalue weighted by atomic mass is 35.5. The number of nitrogens with zero attached hydrogens (tertiary/aromatic N) is 2. The fourth-order valence-corrected chi connectivity index (χ4v) is 2.70. The highest BCUT2D eigenvalue weighted by Gasteiger charge is 2.26. The molecule has 110 valence electrons. The molecule has 1 N–H and O–H groups in total. The third-order valence-corrected chi connectivity index (χ3v) is 3.74. The number of pyridine rings is 1. The second-order valence-corrected chi connectivity index (χ2v) is 5.32. The van der Waals surface area contributed by atoms with Gasteiger partial charge in [-0.3, -0.25) is 4.79 Å². The molecule has 1 aliphatic heterocycles. The van der Waals surface area contributed by atoms with E-state index < -0.39 is 0 Å². The molecule has 3 rings (SSSR count). The zero-order chi connectivity index (χ0) is 14.8. The van der Waals surface area contributed by atoms with Crippen LogP contribution in [0.15, 0.2) is 30.3 Å². The third kappa shape index (κ3) is 2.85. The van der Waals surface area contributed by atoms with Crippen molar-refractivity contribution in [3.8, 4) is 0 Å². The molecule has 1 amide bonds. The van der Waals surface area contributed by atoms with Crippen molar-refractivity contribution in [1.82, 2.24) is 9.88 Å². The minimum atomic E-state index is -0.328. The number of aliphatic hydroxyl groups is 1. The average Bonchev–Trinajstić information content (AvgIpc) is 2.53. The number of ether oxygens (including phenoxy) is 1. The number of hydrogen-bond donors (Lipinski definition) is 1. The van der Waals surface area contributed by atoms with Crippen molar-refractivity contribution in [3.63, 3.8) is 0 Å². The number of rotatable bonds is 2. The fourth-order valence-electron chi connectivity index (χ4n) is 2.50. The normalized spacial score (nSPS) is 19.0. The Morgan fingerprint density at radius 2 is 2.29 bits per heavy atom. The quantitative estimate of drug-likeness (QED) is 0.858. The van der Waals surface area contributed by atoms with Gasteiger partial charge in [-0.15, -0.1) is 0 Å². The summed E-state index contributed by atoms with van der Waals surface area (Å²) >= 11 is 6.02. The molecule has 1 atom stereocenters. The van der Waals surface area contributed by atoms with Crippen LogP contribution in [0.5, 0.6) is 0 Å². The van der Waals surface area contributed by atoms with Crippen molar-refractivity contribution < 1.29 is 14.6 Å². The minimum absolute atomic E-state index is 0.0956. The highest BCUT2D eigenvalue weighted by Crippen LogP contribution is 2.23. The van der Waals surface area contributed by atoms with Gasteiger partial charge in [0, 0.05) is 18.5 Å². The second kappa shape index (κ2) is 5.97. The van der Waals surface area contributed by atoms with Crippen molar-refractivity contribution in [1.29, 1.82) is 0 Å². The molecule has 0 saturated carbocycles. The van der Waals surface area contributed by atoms with E-state index >= 15 is 0 Å². The van der Waals surface area contributed by atoms with Gasteiger partial charge < -0.3 is 14.7 Å². The van der Waals surface area contributed by atoms with Crippen LogP contribution in [-0.4, -0.2) is 53.3 Å². The first kappa shape index (κ1) is 14.3. The minimum Gasteiger partial charge on any atom is -0.394 e. The van der Waals surface area contributed by atoms with Crippen LogP contribution in [0.25, 0.3) is 10.9 Å². The number of amides is 1. The number of carbonyl (C=O) groups excluding carboxylic acids is 1. The molecule has 0 aliphatic carbocycles. The lowest BCUT2D eigenvalue weighted by molar-refractivity contribution is -0.0446. The van der Waals surface area contributed by atoms with Crippen LogP contribution in [0.3, 0.4) is 0 Å². The maximum absolute atomic E-state index is 12.7. The van der Waals surface area contributed by atoms with Gasteiger partial charge in [-0.05, 0) is 12.1 Å². The number of carbonyl (C=O) groups is 1. The van der Waals surface area contributed by atoms with Crippen LogP contribution in [0.1, 0.15) is 10.4 Å². The number of halogens is 1. The summed E-state index contributed by atoms with van der Waals surface area (Å²) in [5, 5.41) is 10.3. The van der Waals surface area contributed by atoms with Crippen molar-refractivity contribution in [2.75, 3.05) is 26.3 Å². The predicted molar refractivity (Wildman–Crippen MR) is 79.5 cm³/mol. The summed E-state index contributed by atoms with van der Waals surface area (Å²) in [7, 11) is 0. The molecule has 2 heterocycles. The van der Waals surface area contributed by atoms with Gasteiger partial charge in [0.05, 0.1) is 30.4 Å². The first-order chi connectivity index (χ1) is 10.2. The summed E-state index contributed by atoms with van der Waals surface area (Å²) in [4.78, 5) is 18.6. The molecule has 21 heavy (non-hydrogen) atoms. The van der Waals surface area contributed by atoms with Crippen LogP contribution in [-0.2, 0) is 4.74 Å². The lowest BCUT2D eigenvalue weighted by Crippen LogP contribution is -2.46. The Balaban J connectivity index is 1.97. The highest BCUT2D eigenvalue weighted by molar-refractivity contribution is 6.30. The Kier molecular flexibility index (Phi) is 4.05. The van der Waals surface area contributed by atoms with Gasteiger partial charge in [-0.25, -0.2) is 4.98 Å². The van der Waals surface area contributed by atoms with Crippen molar-refractivity contribution >= 4 is 28.4 Å². The summed E-state index contributed by atoms with van der Waals surface area (Å²) in [5.41, 5.74) is 1.23. The number of fused-ring (bicyclic) bond motifs is 1. The number of aromatic nitrogens is 1. The molecule has 1 aliphatic rings. The first-order valence-corrected chi connectivity index (χ1v) is 7.14. The molecule has 0 spiro atoms. The lowest BCUT2D eigenvalue weighted by Gasteiger charge is -2.32. The zero-order valence-electron chi connectivity index (χ0n) is 11.3. The zero-order valence-corrected chi connectivity index (χ0v) is 12.1. The molecule has 0 bridgehead atoms. The Bertz CT molecular complexity index is 677. The van der Waals surface area contributed by atoms with E-state index in [4.69, 9.17) is 16.3 Å². The van der Waals surface area contributed by atoms with E-state index in [1.54, 1.807) is 11.0 Å². The Labute approximate surface area is 127 Å². The van der Waals surface area contributed by atoms with Gasteiger partial charge >= 0.3 is 0 Å². The maximum atomic E-state index is 12.7. The summed E-state index contributed by atoms with van der Waals surface area (Å²) in [5.74, 6) is -0.114. The topological polar surface area (TPSA) is 62.7 Å². The van der Waals surface area contributed by atoms with Gasteiger partial charge in [0.15, 0.2) is 0 Å². The molecule has 1 fully saturated rings. The second-order valence-electron chi connectivity index (χ2n) is 4.94. The van der Waals surface area contributed by atoms with Gasteiger partial charge in [-0.1, -0.05) is 29.8 Å². The molecule has 5 nitrogen and oxygen atoms in total. The van der Waals surface area contributed by atoms with Crippen molar-refractivity contribution in [2.45, 2.75) is 6.10 Å². The molecule has 1 aromatic heterocycles. The average molecular weight is 307 g/mol. The largest absolute Gasteiger partial charge is 0.394 e. The summed E-state index contributed by atoms with van der Waals surface area (Å²) < 4.78 is 5.37. The molecular weight excluding hydrogens is 292 g/mol. The van der Waals surface area contributed by atoms with Crippen LogP contribution < -0.4 is 0 Å².